The maximum Gasteiger partial charge on any atom is 0.0989 e. The Morgan fingerprint density at radius 3 is 2.65 bits per heavy atom. The van der Waals surface area contributed by atoms with Crippen LogP contribution >= 0.6 is 0 Å². The van der Waals surface area contributed by atoms with Crippen molar-refractivity contribution in [3.05, 3.63) is 35.9 Å². The Morgan fingerprint density at radius 1 is 1.09 bits per heavy atom. The molecule has 1 aliphatic heterocycles. The van der Waals surface area contributed by atoms with Gasteiger partial charge in [-0.25, -0.2) is 0 Å². The van der Waals surface area contributed by atoms with Crippen LogP contribution in [0.3, 0.4) is 0 Å². The molecular weight excluding hydrogens is 284 g/mol. The van der Waals surface area contributed by atoms with Crippen molar-refractivity contribution >= 4 is 5.84 Å². The fraction of sp³-hybridized carbons (Fsp3) is 0.650. The first-order chi connectivity index (χ1) is 11.3. The van der Waals surface area contributed by atoms with Crippen molar-refractivity contribution in [1.29, 1.82) is 0 Å². The fourth-order valence-corrected chi connectivity index (χ4v) is 3.91. The van der Waals surface area contributed by atoms with Gasteiger partial charge in [0.15, 0.2) is 0 Å². The van der Waals surface area contributed by atoms with Crippen molar-refractivity contribution < 1.29 is 4.74 Å². The minimum absolute atomic E-state index is 0.0930. The molecule has 3 rings (SSSR count). The highest BCUT2D eigenvalue weighted by Crippen LogP contribution is 2.41. The van der Waals surface area contributed by atoms with Crippen LogP contribution < -0.4 is 5.32 Å². The molecule has 1 fully saturated rings. The first-order valence-electron chi connectivity index (χ1n) is 9.29. The largest absolute Gasteiger partial charge is 0.374 e. The average Bonchev–Trinajstić information content (AvgIpc) is 2.85. The highest BCUT2D eigenvalue weighted by atomic mass is 16.5. The van der Waals surface area contributed by atoms with Gasteiger partial charge in [0, 0.05) is 19.5 Å². The van der Waals surface area contributed by atoms with Gasteiger partial charge in [0.05, 0.1) is 17.5 Å². The van der Waals surface area contributed by atoms with Crippen LogP contribution in [0.4, 0.5) is 0 Å². The Morgan fingerprint density at radius 2 is 1.87 bits per heavy atom. The predicted octanol–water partition coefficient (Wildman–Crippen LogP) is 4.42. The molecule has 1 unspecified atom stereocenters. The molecule has 1 atom stereocenters. The van der Waals surface area contributed by atoms with Crippen LogP contribution in [-0.4, -0.2) is 25.0 Å². The summed E-state index contributed by atoms with van der Waals surface area (Å²) in [5.74, 6) is 1.13. The fourth-order valence-electron chi connectivity index (χ4n) is 3.91. The smallest absolute Gasteiger partial charge is 0.0989 e. The zero-order chi connectivity index (χ0) is 16.0. The minimum atomic E-state index is -0.0930. The van der Waals surface area contributed by atoms with E-state index in [4.69, 9.17) is 4.74 Å². The van der Waals surface area contributed by atoms with Crippen LogP contribution in [-0.2, 0) is 10.3 Å². The van der Waals surface area contributed by atoms with E-state index >= 15 is 0 Å². The predicted molar refractivity (Wildman–Crippen MR) is 95.9 cm³/mol. The van der Waals surface area contributed by atoms with Gasteiger partial charge >= 0.3 is 0 Å². The molecule has 23 heavy (non-hydrogen) atoms. The number of amidine groups is 1. The molecule has 0 amide bonds. The summed E-state index contributed by atoms with van der Waals surface area (Å²) in [7, 11) is 0. The second-order valence-corrected chi connectivity index (χ2v) is 7.02. The molecule has 1 saturated carbocycles. The number of hydrogen-bond acceptors (Lipinski definition) is 3. The molecule has 3 heteroatoms. The number of rotatable bonds is 5. The molecule has 1 N–H and O–H groups in total. The van der Waals surface area contributed by atoms with Crippen LogP contribution in [0.5, 0.6) is 0 Å². The Bertz CT molecular complexity index is 506. The lowest BCUT2D eigenvalue weighted by Crippen LogP contribution is -2.37. The normalized spacial score (nSPS) is 22.6. The van der Waals surface area contributed by atoms with Crippen LogP contribution in [0.1, 0.15) is 63.9 Å². The van der Waals surface area contributed by atoms with Gasteiger partial charge in [0.2, 0.25) is 0 Å². The van der Waals surface area contributed by atoms with E-state index in [9.17, 15) is 0 Å². The van der Waals surface area contributed by atoms with E-state index in [-0.39, 0.29) is 11.7 Å². The summed E-state index contributed by atoms with van der Waals surface area (Å²) < 4.78 is 6.69. The average molecular weight is 314 g/mol. The summed E-state index contributed by atoms with van der Waals surface area (Å²) >= 11 is 0. The summed E-state index contributed by atoms with van der Waals surface area (Å²) in [6.45, 7) is 4.21. The van der Waals surface area contributed by atoms with Gasteiger partial charge in [-0.05, 0) is 38.2 Å². The van der Waals surface area contributed by atoms with Crippen molar-refractivity contribution in [2.45, 2.75) is 70.0 Å². The molecular formula is C20H30N2O. The van der Waals surface area contributed by atoms with Gasteiger partial charge in [-0.15, -0.1) is 0 Å². The van der Waals surface area contributed by atoms with Crippen LogP contribution in [0.2, 0.25) is 0 Å². The van der Waals surface area contributed by atoms with Crippen molar-refractivity contribution in [2.75, 3.05) is 13.1 Å². The molecule has 1 heterocycles. The zero-order valence-corrected chi connectivity index (χ0v) is 14.4. The molecule has 1 aliphatic carbocycles. The first kappa shape index (κ1) is 16.5. The molecule has 2 aliphatic rings. The van der Waals surface area contributed by atoms with Gasteiger partial charge in [-0.1, -0.05) is 49.6 Å². The molecule has 1 aromatic carbocycles. The number of ether oxygens (including phenoxy) is 1. The lowest BCUT2D eigenvalue weighted by molar-refractivity contribution is -0.111. The number of aliphatic imine (C=N–C) groups is 1. The van der Waals surface area contributed by atoms with Gasteiger partial charge in [-0.2, -0.15) is 0 Å². The highest BCUT2D eigenvalue weighted by Gasteiger charge is 2.36. The quantitative estimate of drug-likeness (QED) is 0.872. The third-order valence-electron chi connectivity index (χ3n) is 5.09. The molecule has 1 aromatic rings. The van der Waals surface area contributed by atoms with E-state index in [1.54, 1.807) is 0 Å². The molecule has 3 nitrogen and oxygen atoms in total. The molecule has 0 saturated heterocycles. The third-order valence-corrected chi connectivity index (χ3v) is 5.09. The van der Waals surface area contributed by atoms with E-state index in [0.29, 0.717) is 0 Å². The maximum absolute atomic E-state index is 6.69. The van der Waals surface area contributed by atoms with Crippen molar-refractivity contribution in [3.8, 4) is 0 Å². The molecule has 0 aromatic heterocycles. The Hall–Kier alpha value is -1.35. The number of hydrogen-bond donors (Lipinski definition) is 1. The van der Waals surface area contributed by atoms with E-state index in [1.165, 1.54) is 37.7 Å². The molecule has 0 radical (unpaired) electrons. The summed E-state index contributed by atoms with van der Waals surface area (Å²) in [5, 5.41) is 3.47. The summed E-state index contributed by atoms with van der Waals surface area (Å²) in [6, 6.07) is 10.8. The van der Waals surface area contributed by atoms with Crippen molar-refractivity contribution in [2.24, 2.45) is 4.99 Å². The van der Waals surface area contributed by atoms with E-state index in [2.05, 4.69) is 47.6 Å². The maximum atomic E-state index is 6.69. The Balaban J connectivity index is 1.69. The second-order valence-electron chi connectivity index (χ2n) is 7.02. The summed E-state index contributed by atoms with van der Waals surface area (Å²) in [6.07, 6.45) is 9.65. The van der Waals surface area contributed by atoms with Gasteiger partial charge in [0.1, 0.15) is 0 Å². The van der Waals surface area contributed by atoms with E-state index in [0.717, 1.165) is 38.2 Å². The minimum Gasteiger partial charge on any atom is -0.374 e. The van der Waals surface area contributed by atoms with Gasteiger partial charge < -0.3 is 10.1 Å². The lowest BCUT2D eigenvalue weighted by atomic mass is 9.79. The second kappa shape index (κ2) is 7.96. The highest BCUT2D eigenvalue weighted by molar-refractivity contribution is 5.82. The topological polar surface area (TPSA) is 33.6 Å². The van der Waals surface area contributed by atoms with Crippen LogP contribution in [0, 0.1) is 0 Å². The molecule has 0 spiro atoms. The van der Waals surface area contributed by atoms with Crippen molar-refractivity contribution in [3.63, 3.8) is 0 Å². The standard InChI is InChI=1S/C20H30N2O/c1-17(16-19-21-14-8-9-15-22-19)23-20(12-6-3-7-13-20)18-10-4-2-5-11-18/h2,4-5,10-11,17H,3,6-9,12-16H2,1H3,(H,21,22). The number of nitrogens with zero attached hydrogens (tertiary/aromatic N) is 1. The van der Waals surface area contributed by atoms with Gasteiger partial charge in [0.25, 0.3) is 0 Å². The van der Waals surface area contributed by atoms with E-state index in [1.807, 2.05) is 0 Å². The number of benzene rings is 1. The summed E-state index contributed by atoms with van der Waals surface area (Å²) in [4.78, 5) is 4.68. The number of nitrogens with one attached hydrogen (secondary N) is 1. The monoisotopic (exact) mass is 314 g/mol. The van der Waals surface area contributed by atoms with Crippen LogP contribution in [0.15, 0.2) is 35.3 Å². The molecule has 0 bridgehead atoms. The zero-order valence-electron chi connectivity index (χ0n) is 14.4. The van der Waals surface area contributed by atoms with Crippen molar-refractivity contribution in [1.82, 2.24) is 5.32 Å². The summed E-state index contributed by atoms with van der Waals surface area (Å²) in [5.41, 5.74) is 1.26. The Labute approximate surface area is 140 Å². The van der Waals surface area contributed by atoms with E-state index < -0.39 is 0 Å². The van der Waals surface area contributed by atoms with Gasteiger partial charge in [-0.3, -0.25) is 4.99 Å². The SMILES string of the molecule is CC(CC1=NCCCCN1)OC1(c2ccccc2)CCCCC1. The third kappa shape index (κ3) is 4.35. The molecule has 126 valence electrons. The first-order valence-corrected chi connectivity index (χ1v) is 9.29. The van der Waals surface area contributed by atoms with Crippen LogP contribution in [0.25, 0.3) is 0 Å². The lowest BCUT2D eigenvalue weighted by Gasteiger charge is -2.40. The Kier molecular flexibility index (Phi) is 5.71.